The molecule has 4 aliphatic rings. The van der Waals surface area contributed by atoms with Gasteiger partial charge in [-0.05, 0) is 84.5 Å². The maximum Gasteiger partial charge on any atom is -0.00391 e. The van der Waals surface area contributed by atoms with Crippen LogP contribution in [0.15, 0.2) is 48.5 Å². The first-order valence-corrected chi connectivity index (χ1v) is 8.88. The summed E-state index contributed by atoms with van der Waals surface area (Å²) >= 11 is 0. The Hall–Kier alpha value is -1.56. The summed E-state index contributed by atoms with van der Waals surface area (Å²) in [7, 11) is 0. The molecule has 0 unspecified atom stereocenters. The van der Waals surface area contributed by atoms with Gasteiger partial charge in [0.2, 0.25) is 0 Å². The molecule has 4 aliphatic carbocycles. The molecule has 0 heteroatoms. The molecule has 0 N–H and O–H groups in total. The van der Waals surface area contributed by atoms with Gasteiger partial charge in [0.15, 0.2) is 0 Å². The summed E-state index contributed by atoms with van der Waals surface area (Å²) in [5.41, 5.74) is 4.65. The molecule has 0 aromatic heterocycles. The van der Waals surface area contributed by atoms with Crippen LogP contribution in [0.1, 0.15) is 44.1 Å². The Kier molecular flexibility index (Phi) is 2.77. The van der Waals surface area contributed by atoms with Gasteiger partial charge < -0.3 is 0 Å². The minimum Gasteiger partial charge on any atom is -0.0616 e. The molecule has 2 aromatic rings. The lowest BCUT2D eigenvalue weighted by molar-refractivity contribution is -0.00518. The highest BCUT2D eigenvalue weighted by molar-refractivity contribution is 5.63. The lowest BCUT2D eigenvalue weighted by Gasteiger charge is -2.57. The smallest absolute Gasteiger partial charge is 0.00391 e. The van der Waals surface area contributed by atoms with Crippen molar-refractivity contribution in [2.45, 2.75) is 43.9 Å². The van der Waals surface area contributed by atoms with Gasteiger partial charge in [-0.15, -0.1) is 0 Å². The van der Waals surface area contributed by atoms with Gasteiger partial charge in [0, 0.05) is 0 Å². The fraction of sp³-hybridized carbons (Fsp3) is 0.455. The van der Waals surface area contributed by atoms with E-state index in [4.69, 9.17) is 0 Å². The minimum atomic E-state index is 0.522. The molecule has 0 aliphatic heterocycles. The third kappa shape index (κ3) is 1.96. The van der Waals surface area contributed by atoms with E-state index in [1.54, 1.807) is 5.56 Å². The van der Waals surface area contributed by atoms with Crippen molar-refractivity contribution in [3.05, 3.63) is 60.2 Å². The minimum absolute atomic E-state index is 0.522. The molecule has 22 heavy (non-hydrogen) atoms. The van der Waals surface area contributed by atoms with Gasteiger partial charge in [-0.1, -0.05) is 48.5 Å². The van der Waals surface area contributed by atoms with Crippen LogP contribution in [0.2, 0.25) is 0 Å². The molecule has 0 heterocycles. The standard InChI is InChI=1S/C22H23/c1-2-4-19(5-3-1)20-6-8-21(9-7-20)22-13-16-10-17(14-22)12-18(11-16)15-22/h1-4,6-9,16-18H,10-15H2. The Bertz CT molecular complexity index is 630. The lowest BCUT2D eigenvalue weighted by Crippen LogP contribution is -2.48. The van der Waals surface area contributed by atoms with Crippen LogP contribution >= 0.6 is 0 Å². The topological polar surface area (TPSA) is 0 Å². The molecule has 2 aromatic carbocycles. The lowest BCUT2D eigenvalue weighted by atomic mass is 9.48. The van der Waals surface area contributed by atoms with Crippen molar-refractivity contribution in [1.29, 1.82) is 0 Å². The number of rotatable bonds is 2. The molecule has 0 amide bonds. The van der Waals surface area contributed by atoms with E-state index < -0.39 is 0 Å². The normalized spacial score (nSPS) is 35.7. The fourth-order valence-electron chi connectivity index (χ4n) is 6.04. The largest absolute Gasteiger partial charge is 0.0616 e. The molecule has 4 saturated carbocycles. The molecule has 111 valence electrons. The molecular weight excluding hydrogens is 264 g/mol. The zero-order valence-corrected chi connectivity index (χ0v) is 13.1. The number of hydrogen-bond acceptors (Lipinski definition) is 0. The summed E-state index contributed by atoms with van der Waals surface area (Å²) in [6.07, 6.45) is 8.93. The highest BCUT2D eigenvalue weighted by atomic mass is 14.6. The highest BCUT2D eigenvalue weighted by Crippen LogP contribution is 2.60. The number of benzene rings is 2. The van der Waals surface area contributed by atoms with E-state index >= 15 is 0 Å². The molecule has 0 atom stereocenters. The summed E-state index contributed by atoms with van der Waals surface area (Å²) in [5.74, 6) is 3.06. The SMILES string of the molecule is [c]1ccccc1-c1ccc(C23CC4CC(CC(C4)C2)C3)cc1. The second-order valence-corrected chi connectivity index (χ2v) is 8.05. The van der Waals surface area contributed by atoms with Crippen LogP contribution < -0.4 is 0 Å². The average molecular weight is 287 g/mol. The van der Waals surface area contributed by atoms with E-state index in [0.717, 1.165) is 17.8 Å². The molecule has 1 radical (unpaired) electrons. The van der Waals surface area contributed by atoms with E-state index in [1.807, 2.05) is 12.1 Å². The second kappa shape index (κ2) is 4.72. The molecular formula is C22H23. The van der Waals surface area contributed by atoms with Crippen LogP contribution in [-0.4, -0.2) is 0 Å². The maximum absolute atomic E-state index is 3.34. The van der Waals surface area contributed by atoms with Crippen LogP contribution in [-0.2, 0) is 5.41 Å². The van der Waals surface area contributed by atoms with Gasteiger partial charge >= 0.3 is 0 Å². The summed E-state index contributed by atoms with van der Waals surface area (Å²) < 4.78 is 0. The van der Waals surface area contributed by atoms with E-state index in [-0.39, 0.29) is 0 Å². The van der Waals surface area contributed by atoms with Crippen molar-refractivity contribution in [1.82, 2.24) is 0 Å². The maximum atomic E-state index is 3.34. The predicted octanol–water partition coefficient (Wildman–Crippen LogP) is 5.62. The monoisotopic (exact) mass is 287 g/mol. The number of hydrogen-bond donors (Lipinski definition) is 0. The fourth-order valence-corrected chi connectivity index (χ4v) is 6.04. The molecule has 0 nitrogen and oxygen atoms in total. The first-order chi connectivity index (χ1) is 10.8. The molecule has 6 rings (SSSR count). The van der Waals surface area contributed by atoms with Crippen molar-refractivity contribution in [2.24, 2.45) is 17.8 Å². The molecule has 4 bridgehead atoms. The summed E-state index contributed by atoms with van der Waals surface area (Å²) in [5, 5.41) is 0. The summed E-state index contributed by atoms with van der Waals surface area (Å²) in [6, 6.07) is 21.1. The second-order valence-electron chi connectivity index (χ2n) is 8.05. The molecule has 0 spiro atoms. The van der Waals surface area contributed by atoms with Crippen LogP contribution in [0.25, 0.3) is 11.1 Å². The van der Waals surface area contributed by atoms with Crippen LogP contribution in [0.5, 0.6) is 0 Å². The van der Waals surface area contributed by atoms with Gasteiger partial charge in [0.05, 0.1) is 0 Å². The Balaban J connectivity index is 1.49. The summed E-state index contributed by atoms with van der Waals surface area (Å²) in [4.78, 5) is 0. The Labute approximate surface area is 133 Å². The zero-order valence-electron chi connectivity index (χ0n) is 13.1. The van der Waals surface area contributed by atoms with Gasteiger partial charge in [-0.2, -0.15) is 0 Å². The average Bonchev–Trinajstić information content (AvgIpc) is 2.55. The quantitative estimate of drug-likeness (QED) is 0.672. The van der Waals surface area contributed by atoms with Crippen molar-refractivity contribution < 1.29 is 0 Å². The Morgan fingerprint density at radius 1 is 0.773 bits per heavy atom. The van der Waals surface area contributed by atoms with Gasteiger partial charge in [-0.25, -0.2) is 0 Å². The van der Waals surface area contributed by atoms with Crippen molar-refractivity contribution in [3.8, 4) is 11.1 Å². The van der Waals surface area contributed by atoms with Crippen LogP contribution in [0, 0.1) is 23.8 Å². The third-order valence-electron chi connectivity index (χ3n) is 6.56. The van der Waals surface area contributed by atoms with Crippen LogP contribution in [0.3, 0.4) is 0 Å². The van der Waals surface area contributed by atoms with Gasteiger partial charge in [0.25, 0.3) is 0 Å². The zero-order chi connectivity index (χ0) is 14.6. The molecule has 4 fully saturated rings. The third-order valence-corrected chi connectivity index (χ3v) is 6.56. The first-order valence-electron chi connectivity index (χ1n) is 8.88. The Morgan fingerprint density at radius 3 is 1.95 bits per heavy atom. The van der Waals surface area contributed by atoms with E-state index in [0.29, 0.717) is 5.41 Å². The predicted molar refractivity (Wildman–Crippen MR) is 90.6 cm³/mol. The van der Waals surface area contributed by atoms with E-state index in [1.165, 1.54) is 49.7 Å². The highest BCUT2D eigenvalue weighted by Gasteiger charge is 2.51. The van der Waals surface area contributed by atoms with Crippen molar-refractivity contribution in [3.63, 3.8) is 0 Å². The first kappa shape index (κ1) is 12.9. The van der Waals surface area contributed by atoms with Crippen molar-refractivity contribution in [2.75, 3.05) is 0 Å². The van der Waals surface area contributed by atoms with Crippen LogP contribution in [0.4, 0.5) is 0 Å². The summed E-state index contributed by atoms with van der Waals surface area (Å²) in [6.45, 7) is 0. The van der Waals surface area contributed by atoms with E-state index in [9.17, 15) is 0 Å². The van der Waals surface area contributed by atoms with Crippen molar-refractivity contribution >= 4 is 0 Å². The van der Waals surface area contributed by atoms with Gasteiger partial charge in [0.1, 0.15) is 0 Å². The van der Waals surface area contributed by atoms with E-state index in [2.05, 4.69) is 42.5 Å². The molecule has 0 saturated heterocycles. The Morgan fingerprint density at radius 2 is 1.41 bits per heavy atom. The van der Waals surface area contributed by atoms with Gasteiger partial charge in [-0.3, -0.25) is 0 Å².